The van der Waals surface area contributed by atoms with Gasteiger partial charge in [0, 0.05) is 5.33 Å². The summed E-state index contributed by atoms with van der Waals surface area (Å²) in [5.74, 6) is 0.667. The highest BCUT2D eigenvalue weighted by molar-refractivity contribution is 9.09. The minimum atomic E-state index is 0.400. The molecule has 0 radical (unpaired) electrons. The Morgan fingerprint density at radius 2 is 1.80 bits per heavy atom. The van der Waals surface area contributed by atoms with Crippen molar-refractivity contribution in [2.45, 2.75) is 12.2 Å². The van der Waals surface area contributed by atoms with E-state index in [1.165, 1.54) is 0 Å². The summed E-state index contributed by atoms with van der Waals surface area (Å²) in [6.45, 7) is 1.84. The maximum Gasteiger partial charge on any atom is 0.0944 e. The lowest BCUT2D eigenvalue weighted by molar-refractivity contribution is 0.425. The Hall–Kier alpha value is 0.690. The lowest BCUT2D eigenvalue weighted by atomic mass is 10.6. The molecule has 2 nitrogen and oxygen atoms in total. The van der Waals surface area contributed by atoms with Gasteiger partial charge in [-0.15, -0.1) is 11.6 Å². The third-order valence-corrected chi connectivity index (χ3v) is 2.22. The molecule has 2 atom stereocenters. The molecule has 0 aromatic carbocycles. The number of hydrogen-bond donors (Lipinski definition) is 0. The van der Waals surface area contributed by atoms with Crippen molar-refractivity contribution in [2.75, 3.05) is 24.4 Å². The molecule has 2 aliphatic heterocycles. The van der Waals surface area contributed by atoms with Gasteiger partial charge in [-0.1, -0.05) is 15.9 Å². The molecule has 0 aromatic heterocycles. The van der Waals surface area contributed by atoms with Crippen LogP contribution in [0.4, 0.5) is 0 Å². The highest BCUT2D eigenvalue weighted by Gasteiger charge is 2.19. The fourth-order valence-corrected chi connectivity index (χ4v) is 0.866. The van der Waals surface area contributed by atoms with Gasteiger partial charge in [0.25, 0.3) is 0 Å². The van der Waals surface area contributed by atoms with Crippen LogP contribution in [0, 0.1) is 0 Å². The first-order valence-corrected chi connectivity index (χ1v) is 4.87. The lowest BCUT2D eigenvalue weighted by Gasteiger charge is -1.67. The third-order valence-electron chi connectivity index (χ3n) is 1.15. The van der Waals surface area contributed by atoms with Crippen molar-refractivity contribution < 1.29 is 9.47 Å². The number of ether oxygens (including phenoxy) is 2. The van der Waals surface area contributed by atoms with E-state index in [1.807, 2.05) is 0 Å². The van der Waals surface area contributed by atoms with Gasteiger partial charge in [0.15, 0.2) is 0 Å². The molecule has 60 valence electrons. The number of hydrogen-bond acceptors (Lipinski definition) is 2. The highest BCUT2D eigenvalue weighted by Crippen LogP contribution is 2.10. The molecule has 0 amide bonds. The van der Waals surface area contributed by atoms with Gasteiger partial charge in [-0.2, -0.15) is 0 Å². The summed E-state index contributed by atoms with van der Waals surface area (Å²) in [5, 5.41) is 1.01. The standard InChI is InChI=1S/C3H5BrO.C3H5ClO/c2*4-1-3-2-5-3/h2*3H,1-2H2. The fourth-order valence-electron chi connectivity index (χ4n) is 0.314. The normalized spacial score (nSPS) is 34.2. The number of epoxide rings is 2. The second-order valence-electron chi connectivity index (χ2n) is 2.22. The molecule has 10 heavy (non-hydrogen) atoms. The van der Waals surface area contributed by atoms with Crippen molar-refractivity contribution in [1.82, 2.24) is 0 Å². The van der Waals surface area contributed by atoms with Crippen LogP contribution >= 0.6 is 27.5 Å². The molecule has 0 spiro atoms. The van der Waals surface area contributed by atoms with E-state index in [1.54, 1.807) is 0 Å². The molecule has 2 saturated heterocycles. The summed E-state index contributed by atoms with van der Waals surface area (Å²) in [7, 11) is 0. The Balaban J connectivity index is 0.0000001000. The van der Waals surface area contributed by atoms with Crippen molar-refractivity contribution in [3.8, 4) is 0 Å². The van der Waals surface area contributed by atoms with E-state index in [0.29, 0.717) is 18.1 Å². The van der Waals surface area contributed by atoms with Gasteiger partial charge in [0.2, 0.25) is 0 Å². The van der Waals surface area contributed by atoms with Gasteiger partial charge in [0.1, 0.15) is 0 Å². The summed E-state index contributed by atoms with van der Waals surface area (Å²) in [6.07, 6.45) is 0.951. The van der Waals surface area contributed by atoms with Crippen LogP contribution < -0.4 is 0 Å². The maximum absolute atomic E-state index is 5.27. The van der Waals surface area contributed by atoms with Crippen molar-refractivity contribution in [3.05, 3.63) is 0 Å². The molecular formula is C6H10BrClO2. The van der Waals surface area contributed by atoms with Gasteiger partial charge < -0.3 is 9.47 Å². The molecule has 2 aliphatic rings. The fraction of sp³-hybridized carbons (Fsp3) is 1.00. The van der Waals surface area contributed by atoms with Gasteiger partial charge in [-0.3, -0.25) is 0 Å². The Morgan fingerprint density at radius 1 is 1.30 bits per heavy atom. The van der Waals surface area contributed by atoms with E-state index < -0.39 is 0 Å². The minimum absolute atomic E-state index is 0.400. The zero-order chi connectivity index (χ0) is 7.40. The summed E-state index contributed by atoms with van der Waals surface area (Å²) in [4.78, 5) is 0. The molecular weight excluding hydrogens is 219 g/mol. The zero-order valence-corrected chi connectivity index (χ0v) is 7.90. The highest BCUT2D eigenvalue weighted by atomic mass is 79.9. The maximum atomic E-state index is 5.27. The first-order chi connectivity index (χ1) is 4.86. The molecule has 4 heteroatoms. The first-order valence-electron chi connectivity index (χ1n) is 3.22. The van der Waals surface area contributed by atoms with E-state index >= 15 is 0 Å². The first kappa shape index (κ1) is 8.78. The van der Waals surface area contributed by atoms with Crippen molar-refractivity contribution in [2.24, 2.45) is 0 Å². The molecule has 2 rings (SSSR count). The molecule has 0 saturated carbocycles. The van der Waals surface area contributed by atoms with E-state index in [9.17, 15) is 0 Å². The van der Waals surface area contributed by atoms with Crippen LogP contribution in [0.3, 0.4) is 0 Å². The molecule has 2 fully saturated rings. The molecule has 0 aliphatic carbocycles. The van der Waals surface area contributed by atoms with Crippen LogP contribution in [0.5, 0.6) is 0 Å². The van der Waals surface area contributed by atoms with Gasteiger partial charge >= 0.3 is 0 Å². The molecule has 0 aromatic rings. The van der Waals surface area contributed by atoms with E-state index in [4.69, 9.17) is 21.1 Å². The van der Waals surface area contributed by atoms with Crippen LogP contribution in [0.15, 0.2) is 0 Å². The van der Waals surface area contributed by atoms with E-state index in [0.717, 1.165) is 18.5 Å². The van der Waals surface area contributed by atoms with Crippen molar-refractivity contribution in [1.29, 1.82) is 0 Å². The molecule has 2 heterocycles. The van der Waals surface area contributed by atoms with Gasteiger partial charge in [-0.05, 0) is 0 Å². The molecule has 2 unspecified atom stereocenters. The van der Waals surface area contributed by atoms with E-state index in [2.05, 4.69) is 15.9 Å². The zero-order valence-electron chi connectivity index (χ0n) is 5.56. The largest absolute Gasteiger partial charge is 0.372 e. The smallest absolute Gasteiger partial charge is 0.0944 e. The third kappa shape index (κ3) is 4.50. The lowest BCUT2D eigenvalue weighted by Crippen LogP contribution is -1.80. The van der Waals surface area contributed by atoms with Crippen molar-refractivity contribution >= 4 is 27.5 Å². The van der Waals surface area contributed by atoms with Crippen LogP contribution in [0.1, 0.15) is 0 Å². The molecule has 0 N–H and O–H groups in total. The minimum Gasteiger partial charge on any atom is -0.372 e. The topological polar surface area (TPSA) is 25.1 Å². The summed E-state index contributed by atoms with van der Waals surface area (Å²) >= 11 is 8.53. The predicted octanol–water partition coefficient (Wildman–Crippen LogP) is 1.40. The monoisotopic (exact) mass is 228 g/mol. The average molecular weight is 230 g/mol. The van der Waals surface area contributed by atoms with E-state index in [-0.39, 0.29) is 0 Å². The predicted molar refractivity (Wildman–Crippen MR) is 44.0 cm³/mol. The number of alkyl halides is 2. The van der Waals surface area contributed by atoms with Gasteiger partial charge in [-0.25, -0.2) is 0 Å². The molecule has 0 bridgehead atoms. The quantitative estimate of drug-likeness (QED) is 0.528. The Bertz CT molecular complexity index is 81.7. The summed E-state index contributed by atoms with van der Waals surface area (Å²) in [5.41, 5.74) is 0. The van der Waals surface area contributed by atoms with Gasteiger partial charge in [0.05, 0.1) is 31.3 Å². The van der Waals surface area contributed by atoms with Crippen molar-refractivity contribution in [3.63, 3.8) is 0 Å². The second-order valence-corrected chi connectivity index (χ2v) is 3.18. The van der Waals surface area contributed by atoms with Crippen LogP contribution in [0.25, 0.3) is 0 Å². The van der Waals surface area contributed by atoms with Crippen LogP contribution in [-0.4, -0.2) is 36.6 Å². The summed E-state index contributed by atoms with van der Waals surface area (Å²) in [6, 6.07) is 0. The van der Waals surface area contributed by atoms with Crippen LogP contribution in [0.2, 0.25) is 0 Å². The SMILES string of the molecule is BrCC1CO1.ClCC1CO1. The Labute approximate surface area is 74.0 Å². The Kier molecular flexibility index (Phi) is 3.99. The Morgan fingerprint density at radius 3 is 1.80 bits per heavy atom. The second kappa shape index (κ2) is 4.54. The number of halogens is 2. The van der Waals surface area contributed by atoms with Crippen LogP contribution in [-0.2, 0) is 9.47 Å². The number of rotatable bonds is 2. The summed E-state index contributed by atoms with van der Waals surface area (Å²) < 4.78 is 9.54. The average Bonchev–Trinajstić information content (AvgIpc) is 2.86.